The summed E-state index contributed by atoms with van der Waals surface area (Å²) in [6.07, 6.45) is 1.67. The van der Waals surface area contributed by atoms with E-state index in [9.17, 15) is 9.18 Å². The monoisotopic (exact) mass is 447 g/mol. The fraction of sp³-hybridized carbons (Fsp3) is 0.150. The minimum Gasteiger partial charge on any atom is -0.493 e. The average molecular weight is 448 g/mol. The van der Waals surface area contributed by atoms with Crippen molar-refractivity contribution in [2.45, 2.75) is 0 Å². The first kappa shape index (κ1) is 20.1. The third-order valence-corrected chi connectivity index (χ3v) is 5.42. The highest BCUT2D eigenvalue weighted by molar-refractivity contribution is 7.15. The number of aromatic nitrogens is 2. The number of rotatable bonds is 5. The number of methoxy groups -OCH3 is 1. The van der Waals surface area contributed by atoms with Gasteiger partial charge in [0, 0.05) is 5.69 Å². The zero-order valence-electron chi connectivity index (χ0n) is 15.6. The first-order valence-corrected chi connectivity index (χ1v) is 9.98. The number of nitrogens with one attached hydrogen (secondary N) is 1. The van der Waals surface area contributed by atoms with Crippen LogP contribution < -0.4 is 19.5 Å². The lowest BCUT2D eigenvalue weighted by molar-refractivity contribution is 0.102. The molecule has 1 N–H and O–H groups in total. The maximum Gasteiger partial charge on any atom is 0.286 e. The number of anilines is 1. The minimum absolute atomic E-state index is 0.126. The predicted octanol–water partition coefficient (Wildman–Crippen LogP) is 4.45. The molecule has 30 heavy (non-hydrogen) atoms. The zero-order valence-corrected chi connectivity index (χ0v) is 17.2. The molecule has 0 atom stereocenters. The average Bonchev–Trinajstić information content (AvgIpc) is 3.25. The summed E-state index contributed by atoms with van der Waals surface area (Å²) in [6.45, 7) is 0.896. The second kappa shape index (κ2) is 8.68. The van der Waals surface area contributed by atoms with E-state index in [0.717, 1.165) is 11.3 Å². The van der Waals surface area contributed by atoms with Gasteiger partial charge in [0.05, 0.1) is 12.1 Å². The van der Waals surface area contributed by atoms with E-state index < -0.39 is 5.91 Å². The number of hydrogen-bond donors (Lipinski definition) is 1. The van der Waals surface area contributed by atoms with E-state index >= 15 is 0 Å². The molecule has 0 unspecified atom stereocenters. The van der Waals surface area contributed by atoms with Gasteiger partial charge in [-0.1, -0.05) is 22.9 Å². The van der Waals surface area contributed by atoms with E-state index in [-0.39, 0.29) is 10.8 Å². The molecule has 3 aromatic rings. The molecule has 154 valence electrons. The number of ether oxygens (including phenoxy) is 3. The molecule has 1 aliphatic heterocycles. The molecule has 0 saturated heterocycles. The summed E-state index contributed by atoms with van der Waals surface area (Å²) >= 11 is 7.43. The van der Waals surface area contributed by atoms with Crippen molar-refractivity contribution in [3.63, 3.8) is 0 Å². The minimum atomic E-state index is -0.462. The third-order valence-electron chi connectivity index (χ3n) is 4.07. The van der Waals surface area contributed by atoms with Gasteiger partial charge in [-0.05, 0) is 48.0 Å². The van der Waals surface area contributed by atoms with Gasteiger partial charge in [-0.2, -0.15) is 0 Å². The van der Waals surface area contributed by atoms with E-state index in [1.54, 1.807) is 25.3 Å². The number of amides is 1. The van der Waals surface area contributed by atoms with Gasteiger partial charge in [0.15, 0.2) is 16.5 Å². The van der Waals surface area contributed by atoms with Crippen molar-refractivity contribution in [2.75, 3.05) is 25.6 Å². The Morgan fingerprint density at radius 2 is 1.93 bits per heavy atom. The van der Waals surface area contributed by atoms with E-state index in [4.69, 9.17) is 25.8 Å². The van der Waals surface area contributed by atoms with E-state index in [1.165, 1.54) is 24.3 Å². The lowest BCUT2D eigenvalue weighted by Crippen LogP contribution is -2.16. The highest BCUT2D eigenvalue weighted by Crippen LogP contribution is 2.41. The largest absolute Gasteiger partial charge is 0.493 e. The van der Waals surface area contributed by atoms with Crippen LogP contribution in [0.1, 0.15) is 20.4 Å². The summed E-state index contributed by atoms with van der Waals surface area (Å²) in [5.74, 6) is 0.787. The van der Waals surface area contributed by atoms with Gasteiger partial charge >= 0.3 is 0 Å². The van der Waals surface area contributed by atoms with Crippen LogP contribution in [0.2, 0.25) is 0 Å². The number of halogens is 2. The summed E-state index contributed by atoms with van der Waals surface area (Å²) in [6, 6.07) is 8.96. The molecule has 0 radical (unpaired) electrons. The van der Waals surface area contributed by atoms with Crippen molar-refractivity contribution in [1.29, 1.82) is 0 Å². The number of carbonyl (C=O) groups excluding carboxylic acids is 1. The molecule has 10 heteroatoms. The smallest absolute Gasteiger partial charge is 0.286 e. The Bertz CT molecular complexity index is 1100. The maximum atomic E-state index is 13.0. The van der Waals surface area contributed by atoms with Crippen LogP contribution in [0.3, 0.4) is 0 Å². The lowest BCUT2D eigenvalue weighted by atomic mass is 10.1. The van der Waals surface area contributed by atoms with Crippen LogP contribution in [0.5, 0.6) is 17.2 Å². The molecule has 0 fully saturated rings. The first-order chi connectivity index (χ1) is 14.5. The molecule has 0 aliphatic carbocycles. The van der Waals surface area contributed by atoms with Crippen LogP contribution in [0.15, 0.2) is 36.4 Å². The van der Waals surface area contributed by atoms with Gasteiger partial charge in [-0.25, -0.2) is 4.39 Å². The van der Waals surface area contributed by atoms with Crippen molar-refractivity contribution < 1.29 is 23.4 Å². The molecule has 2 aromatic carbocycles. The van der Waals surface area contributed by atoms with Gasteiger partial charge in [0.2, 0.25) is 10.8 Å². The quantitative estimate of drug-likeness (QED) is 0.622. The van der Waals surface area contributed by atoms with Crippen LogP contribution in [-0.2, 0) is 0 Å². The molecular weight excluding hydrogens is 433 g/mol. The normalized spacial score (nSPS) is 13.1. The van der Waals surface area contributed by atoms with Crippen LogP contribution in [0.25, 0.3) is 11.1 Å². The molecule has 0 spiro atoms. The molecular formula is C20H15ClFN3O4S. The molecule has 0 saturated carbocycles. The number of benzene rings is 2. The van der Waals surface area contributed by atoms with Crippen molar-refractivity contribution in [1.82, 2.24) is 10.2 Å². The second-order valence-corrected chi connectivity index (χ2v) is 7.50. The van der Waals surface area contributed by atoms with Crippen molar-refractivity contribution in [2.24, 2.45) is 0 Å². The Kier molecular flexibility index (Phi) is 5.82. The van der Waals surface area contributed by atoms with Crippen LogP contribution >= 0.6 is 22.9 Å². The molecule has 7 nitrogen and oxygen atoms in total. The van der Waals surface area contributed by atoms with E-state index in [0.29, 0.717) is 51.8 Å². The summed E-state index contributed by atoms with van der Waals surface area (Å²) in [5, 5.41) is 11.3. The van der Waals surface area contributed by atoms with Gasteiger partial charge in [0.1, 0.15) is 19.0 Å². The Morgan fingerprint density at radius 1 is 1.20 bits per heavy atom. The molecule has 2 heterocycles. The Labute approximate surface area is 180 Å². The predicted molar refractivity (Wildman–Crippen MR) is 112 cm³/mol. The van der Waals surface area contributed by atoms with Crippen LogP contribution in [0.4, 0.5) is 10.1 Å². The number of fused-ring (bicyclic) bond motifs is 1. The SMILES string of the molecule is COc1cc(/C=C(\Cl)c2nnc(C(=O)Nc3ccc(F)cc3)s2)cc2c1OCCO2. The van der Waals surface area contributed by atoms with Crippen LogP contribution in [-0.4, -0.2) is 36.4 Å². The molecule has 1 aromatic heterocycles. The van der Waals surface area contributed by atoms with E-state index in [2.05, 4.69) is 15.5 Å². The number of nitrogens with zero attached hydrogens (tertiary/aromatic N) is 2. The Balaban J connectivity index is 1.53. The lowest BCUT2D eigenvalue weighted by Gasteiger charge is -2.21. The summed E-state index contributed by atoms with van der Waals surface area (Å²) < 4.78 is 29.5. The van der Waals surface area contributed by atoms with Crippen LogP contribution in [0, 0.1) is 5.82 Å². The maximum absolute atomic E-state index is 13.0. The third kappa shape index (κ3) is 4.37. The van der Waals surface area contributed by atoms with Crippen molar-refractivity contribution in [3.05, 3.63) is 57.8 Å². The summed E-state index contributed by atoms with van der Waals surface area (Å²) in [5.41, 5.74) is 1.16. The highest BCUT2D eigenvalue weighted by atomic mass is 35.5. The van der Waals surface area contributed by atoms with Crippen molar-refractivity contribution in [3.8, 4) is 17.2 Å². The van der Waals surface area contributed by atoms with Gasteiger partial charge in [-0.3, -0.25) is 4.79 Å². The zero-order chi connectivity index (χ0) is 21.1. The number of carbonyl (C=O) groups is 1. The molecule has 0 bridgehead atoms. The Hall–Kier alpha value is -3.17. The molecule has 4 rings (SSSR count). The highest BCUT2D eigenvalue weighted by Gasteiger charge is 2.19. The second-order valence-electron chi connectivity index (χ2n) is 6.11. The van der Waals surface area contributed by atoms with Gasteiger partial charge in [0.25, 0.3) is 5.91 Å². The summed E-state index contributed by atoms with van der Waals surface area (Å²) in [4.78, 5) is 12.3. The standard InChI is InChI=1S/C20H15ClFN3O4S/c1-27-15-9-11(10-16-17(15)29-7-6-28-16)8-14(21)19-24-25-20(30-19)18(26)23-13-4-2-12(22)3-5-13/h2-5,8-10H,6-7H2,1H3,(H,23,26)/b14-8-. The topological polar surface area (TPSA) is 82.6 Å². The fourth-order valence-corrected chi connectivity index (χ4v) is 3.64. The Morgan fingerprint density at radius 3 is 2.70 bits per heavy atom. The van der Waals surface area contributed by atoms with Crippen molar-refractivity contribution >= 4 is 45.6 Å². The summed E-state index contributed by atoms with van der Waals surface area (Å²) in [7, 11) is 1.54. The number of hydrogen-bond acceptors (Lipinski definition) is 7. The first-order valence-electron chi connectivity index (χ1n) is 8.79. The van der Waals surface area contributed by atoms with Gasteiger partial charge < -0.3 is 19.5 Å². The van der Waals surface area contributed by atoms with E-state index in [1.807, 2.05) is 0 Å². The van der Waals surface area contributed by atoms with Gasteiger partial charge in [-0.15, -0.1) is 10.2 Å². The molecule has 1 aliphatic rings. The fourth-order valence-electron chi connectivity index (χ4n) is 2.71. The molecule has 1 amide bonds.